The van der Waals surface area contributed by atoms with E-state index < -0.39 is 0 Å². The van der Waals surface area contributed by atoms with Gasteiger partial charge in [0.1, 0.15) is 11.5 Å². The molecule has 0 radical (unpaired) electrons. The first-order chi connectivity index (χ1) is 18.7. The molecule has 0 saturated heterocycles. The van der Waals surface area contributed by atoms with Crippen LogP contribution < -0.4 is 15.4 Å². The number of hydrogen-bond acceptors (Lipinski definition) is 4. The third-order valence-electron chi connectivity index (χ3n) is 6.81. The molecule has 4 aromatic carbocycles. The highest BCUT2D eigenvalue weighted by molar-refractivity contribution is 5.52. The van der Waals surface area contributed by atoms with Gasteiger partial charge in [-0.1, -0.05) is 84.0 Å². The number of phenolic OH excluding ortho intramolecular Hbond substituents is 1. The molecule has 1 aliphatic rings. The molecule has 212 valence electrons. The van der Waals surface area contributed by atoms with Gasteiger partial charge >= 0.3 is 0 Å². The molecule has 0 amide bonds. The molecule has 0 atom stereocenters. The van der Waals surface area contributed by atoms with Crippen molar-refractivity contribution < 1.29 is 9.84 Å². The van der Waals surface area contributed by atoms with Gasteiger partial charge in [-0.3, -0.25) is 0 Å². The summed E-state index contributed by atoms with van der Waals surface area (Å²) in [6.45, 7) is 18.9. The molecule has 0 fully saturated rings. The van der Waals surface area contributed by atoms with Crippen LogP contribution in [0.4, 0.5) is 11.4 Å². The smallest absolute Gasteiger partial charge is 0.161 e. The number of anilines is 2. The van der Waals surface area contributed by atoms with Crippen LogP contribution in [0.3, 0.4) is 0 Å². The Morgan fingerprint density at radius 3 is 1.80 bits per heavy atom. The van der Waals surface area contributed by atoms with Crippen LogP contribution in [0.5, 0.6) is 11.5 Å². The van der Waals surface area contributed by atoms with Crippen molar-refractivity contribution in [3.05, 3.63) is 119 Å². The zero-order valence-corrected chi connectivity index (χ0v) is 25.5. The second-order valence-corrected chi connectivity index (χ2v) is 12.6. The van der Waals surface area contributed by atoms with E-state index in [1.54, 1.807) is 12.1 Å². The monoisotopic (exact) mass is 538 g/mol. The molecule has 0 spiro atoms. The van der Waals surface area contributed by atoms with Crippen molar-refractivity contribution in [3.63, 3.8) is 0 Å². The molecule has 3 N–H and O–H groups in total. The Balaban J connectivity index is 0.000000193. The molecular formula is C36H46N2O2. The number of benzene rings is 4. The summed E-state index contributed by atoms with van der Waals surface area (Å²) in [5, 5.41) is 9.02. The second-order valence-electron chi connectivity index (χ2n) is 12.6. The van der Waals surface area contributed by atoms with Crippen molar-refractivity contribution in [2.24, 2.45) is 0 Å². The Hall–Kier alpha value is -3.92. The van der Waals surface area contributed by atoms with Crippen LogP contribution in [-0.4, -0.2) is 11.8 Å². The SMILES string of the molecule is CC(C)(C)c1ccc(O)cc1.Cc1cccc(N)c1.Cc1cccc(N2COc3ccc(C(C)(C)C)cc3C2)c1. The number of rotatable bonds is 1. The van der Waals surface area contributed by atoms with Gasteiger partial charge in [0.05, 0.1) is 0 Å². The lowest BCUT2D eigenvalue weighted by Crippen LogP contribution is -2.32. The molecule has 1 aliphatic heterocycles. The predicted molar refractivity (Wildman–Crippen MR) is 170 cm³/mol. The first-order valence-electron chi connectivity index (χ1n) is 13.9. The fourth-order valence-electron chi connectivity index (χ4n) is 4.33. The summed E-state index contributed by atoms with van der Waals surface area (Å²) in [6, 6.07) is 30.3. The van der Waals surface area contributed by atoms with Crippen molar-refractivity contribution in [2.75, 3.05) is 17.4 Å². The number of nitrogens with two attached hydrogens (primary N) is 1. The van der Waals surface area contributed by atoms with Gasteiger partial charge < -0.3 is 20.5 Å². The predicted octanol–water partition coefficient (Wildman–Crippen LogP) is 8.92. The Labute approximate surface area is 241 Å². The summed E-state index contributed by atoms with van der Waals surface area (Å²) >= 11 is 0. The van der Waals surface area contributed by atoms with Crippen LogP contribution in [0.2, 0.25) is 0 Å². The summed E-state index contributed by atoms with van der Waals surface area (Å²) in [4.78, 5) is 2.28. The van der Waals surface area contributed by atoms with Gasteiger partial charge in [-0.25, -0.2) is 0 Å². The number of hydrogen-bond donors (Lipinski definition) is 2. The van der Waals surface area contributed by atoms with Gasteiger partial charge in [-0.2, -0.15) is 0 Å². The van der Waals surface area contributed by atoms with Crippen LogP contribution in [0, 0.1) is 13.8 Å². The maximum Gasteiger partial charge on any atom is 0.161 e. The number of nitrogen functional groups attached to an aromatic ring is 1. The second kappa shape index (κ2) is 13.0. The lowest BCUT2D eigenvalue weighted by Gasteiger charge is -2.32. The van der Waals surface area contributed by atoms with E-state index >= 15 is 0 Å². The van der Waals surface area contributed by atoms with E-state index in [4.69, 9.17) is 15.6 Å². The van der Waals surface area contributed by atoms with Gasteiger partial charge in [0.15, 0.2) is 6.73 Å². The van der Waals surface area contributed by atoms with Crippen LogP contribution in [0.1, 0.15) is 69.4 Å². The summed E-state index contributed by atoms with van der Waals surface area (Å²) in [5.74, 6) is 1.35. The van der Waals surface area contributed by atoms with Gasteiger partial charge in [0.2, 0.25) is 0 Å². The molecule has 1 heterocycles. The number of phenols is 1. The van der Waals surface area contributed by atoms with Crippen LogP contribution in [-0.2, 0) is 17.4 Å². The Bertz CT molecular complexity index is 1360. The largest absolute Gasteiger partial charge is 0.508 e. The van der Waals surface area contributed by atoms with E-state index in [-0.39, 0.29) is 10.8 Å². The Kier molecular flexibility index (Phi) is 9.92. The minimum absolute atomic E-state index is 0.167. The van der Waals surface area contributed by atoms with Crippen LogP contribution >= 0.6 is 0 Å². The van der Waals surface area contributed by atoms with Crippen molar-refractivity contribution in [1.82, 2.24) is 0 Å². The van der Waals surface area contributed by atoms with Gasteiger partial charge in [0, 0.05) is 23.5 Å². The minimum atomic E-state index is 0.167. The summed E-state index contributed by atoms with van der Waals surface area (Å²) in [6.07, 6.45) is 0. The van der Waals surface area contributed by atoms with E-state index in [1.165, 1.54) is 33.5 Å². The quantitative estimate of drug-likeness (QED) is 0.238. The van der Waals surface area contributed by atoms with E-state index in [9.17, 15) is 0 Å². The highest BCUT2D eigenvalue weighted by atomic mass is 16.5. The molecule has 0 aromatic heterocycles. The van der Waals surface area contributed by atoms with E-state index in [1.807, 2.05) is 43.3 Å². The molecule has 4 heteroatoms. The average Bonchev–Trinajstić information content (AvgIpc) is 2.88. The molecule has 4 nitrogen and oxygen atoms in total. The maximum atomic E-state index is 9.02. The lowest BCUT2D eigenvalue weighted by atomic mass is 9.86. The molecule has 5 rings (SSSR count). The molecule has 0 bridgehead atoms. The first-order valence-corrected chi connectivity index (χ1v) is 13.9. The summed E-state index contributed by atoms with van der Waals surface area (Å²) in [7, 11) is 0. The molecule has 40 heavy (non-hydrogen) atoms. The van der Waals surface area contributed by atoms with Crippen molar-refractivity contribution in [1.29, 1.82) is 0 Å². The molecular weight excluding hydrogens is 492 g/mol. The lowest BCUT2D eigenvalue weighted by molar-refractivity contribution is 0.289. The molecule has 0 unspecified atom stereocenters. The summed E-state index contributed by atoms with van der Waals surface area (Å²) < 4.78 is 5.92. The number of ether oxygens (including phenoxy) is 1. The van der Waals surface area contributed by atoms with Gasteiger partial charge in [-0.15, -0.1) is 0 Å². The zero-order valence-electron chi connectivity index (χ0n) is 25.5. The first kappa shape index (κ1) is 30.6. The van der Waals surface area contributed by atoms with Gasteiger partial charge in [-0.05, 0) is 95.5 Å². The third kappa shape index (κ3) is 9.08. The Morgan fingerprint density at radius 1 is 0.700 bits per heavy atom. The molecule has 0 aliphatic carbocycles. The van der Waals surface area contributed by atoms with Gasteiger partial charge in [0.25, 0.3) is 0 Å². The third-order valence-corrected chi connectivity index (χ3v) is 6.81. The normalized spacial score (nSPS) is 12.7. The van der Waals surface area contributed by atoms with Crippen LogP contribution in [0.15, 0.2) is 91.0 Å². The fraction of sp³-hybridized carbons (Fsp3) is 0.333. The number of aromatic hydroxyl groups is 1. The zero-order chi connectivity index (χ0) is 29.5. The van der Waals surface area contributed by atoms with Crippen molar-refractivity contribution >= 4 is 11.4 Å². The fourth-order valence-corrected chi connectivity index (χ4v) is 4.33. The molecule has 4 aromatic rings. The highest BCUT2D eigenvalue weighted by Gasteiger charge is 2.21. The number of nitrogens with zero attached hydrogens (tertiary/aromatic N) is 1. The van der Waals surface area contributed by atoms with Crippen molar-refractivity contribution in [2.45, 2.75) is 72.8 Å². The number of fused-ring (bicyclic) bond motifs is 1. The van der Waals surface area contributed by atoms with Crippen molar-refractivity contribution in [3.8, 4) is 11.5 Å². The highest BCUT2D eigenvalue weighted by Crippen LogP contribution is 2.33. The minimum Gasteiger partial charge on any atom is -0.508 e. The molecule has 0 saturated carbocycles. The van der Waals surface area contributed by atoms with E-state index in [0.717, 1.165) is 18.0 Å². The standard InChI is InChI=1S/C19H23NO.C10H14O.C7H9N/c1-14-6-5-7-17(10-14)20-12-15-11-16(19(2,3)4)8-9-18(15)21-13-20;1-10(2,3)8-4-6-9(11)7-5-8;1-6-3-2-4-7(8)5-6/h5-11H,12-13H2,1-4H3;4-7,11H,1-3H3;2-5H,8H2,1H3. The van der Waals surface area contributed by atoms with Crippen LogP contribution in [0.25, 0.3) is 0 Å². The topological polar surface area (TPSA) is 58.7 Å². The average molecular weight is 539 g/mol. The number of aryl methyl sites for hydroxylation is 2. The van der Waals surface area contributed by atoms with E-state index in [0.29, 0.717) is 12.5 Å². The maximum absolute atomic E-state index is 9.02. The summed E-state index contributed by atoms with van der Waals surface area (Å²) in [5.41, 5.74) is 14.2. The van der Waals surface area contributed by atoms with E-state index in [2.05, 4.69) is 95.8 Å². The Morgan fingerprint density at radius 2 is 1.27 bits per heavy atom.